The van der Waals surface area contributed by atoms with Crippen molar-refractivity contribution in [2.45, 2.75) is 34.1 Å². The highest BCUT2D eigenvalue weighted by atomic mass is 32.2. The van der Waals surface area contributed by atoms with Crippen LogP contribution in [0.2, 0.25) is 0 Å². The number of hydrogen-bond acceptors (Lipinski definition) is 6. The molecule has 3 aromatic rings. The largest absolute Gasteiger partial charge is 0.383 e. The summed E-state index contributed by atoms with van der Waals surface area (Å²) in [4.78, 5) is 4.98. The molecule has 0 unspecified atom stereocenters. The molecule has 0 bridgehead atoms. The van der Waals surface area contributed by atoms with E-state index in [0.29, 0.717) is 16.5 Å². The Morgan fingerprint density at radius 3 is 2.67 bits per heavy atom. The van der Waals surface area contributed by atoms with E-state index in [2.05, 4.69) is 10.1 Å². The SMILES string of the molecule is CSc1nn2c(N)c3c(nc2c1S(=O)(=O)c1ccccc1)CCC3. The summed E-state index contributed by atoms with van der Waals surface area (Å²) in [5, 5.41) is 4.83. The number of aryl methyl sites for hydroxylation is 1. The van der Waals surface area contributed by atoms with Gasteiger partial charge in [-0.3, -0.25) is 0 Å². The van der Waals surface area contributed by atoms with Gasteiger partial charge in [-0.05, 0) is 37.7 Å². The molecular weight excluding hydrogens is 344 g/mol. The number of aromatic nitrogens is 3. The Morgan fingerprint density at radius 2 is 1.96 bits per heavy atom. The normalized spacial score (nSPS) is 14.2. The van der Waals surface area contributed by atoms with Gasteiger partial charge in [0.25, 0.3) is 0 Å². The molecule has 0 saturated heterocycles. The number of anilines is 1. The van der Waals surface area contributed by atoms with Gasteiger partial charge < -0.3 is 5.73 Å². The van der Waals surface area contributed by atoms with E-state index in [-0.39, 0.29) is 9.79 Å². The van der Waals surface area contributed by atoms with Crippen LogP contribution in [-0.2, 0) is 22.7 Å². The van der Waals surface area contributed by atoms with E-state index in [1.165, 1.54) is 16.3 Å². The first kappa shape index (κ1) is 15.5. The van der Waals surface area contributed by atoms with Gasteiger partial charge in [0, 0.05) is 11.3 Å². The quantitative estimate of drug-likeness (QED) is 0.721. The molecule has 1 aliphatic carbocycles. The third-order valence-electron chi connectivity index (χ3n) is 4.27. The van der Waals surface area contributed by atoms with Crippen molar-refractivity contribution in [3.63, 3.8) is 0 Å². The highest BCUT2D eigenvalue weighted by molar-refractivity contribution is 7.99. The summed E-state index contributed by atoms with van der Waals surface area (Å²) < 4.78 is 27.8. The molecule has 8 heteroatoms. The predicted octanol–water partition coefficient (Wildman–Crippen LogP) is 2.35. The van der Waals surface area contributed by atoms with Crippen LogP contribution in [-0.4, -0.2) is 29.3 Å². The molecule has 124 valence electrons. The molecule has 0 saturated carbocycles. The predicted molar refractivity (Wildman–Crippen MR) is 93.1 cm³/mol. The monoisotopic (exact) mass is 360 g/mol. The zero-order valence-electron chi connectivity index (χ0n) is 13.1. The van der Waals surface area contributed by atoms with Crippen molar-refractivity contribution in [2.24, 2.45) is 0 Å². The van der Waals surface area contributed by atoms with E-state index >= 15 is 0 Å². The Balaban J connectivity index is 2.07. The summed E-state index contributed by atoms with van der Waals surface area (Å²) in [5.74, 6) is 0.498. The maximum Gasteiger partial charge on any atom is 0.213 e. The molecule has 2 heterocycles. The second kappa shape index (κ2) is 5.49. The van der Waals surface area contributed by atoms with Gasteiger partial charge in [0.2, 0.25) is 9.84 Å². The number of rotatable bonds is 3. The second-order valence-corrected chi connectivity index (χ2v) is 8.35. The number of fused-ring (bicyclic) bond motifs is 2. The Kier molecular flexibility index (Phi) is 3.54. The molecule has 2 aromatic heterocycles. The van der Waals surface area contributed by atoms with E-state index < -0.39 is 9.84 Å². The van der Waals surface area contributed by atoms with Crippen LogP contribution >= 0.6 is 11.8 Å². The first-order chi connectivity index (χ1) is 11.5. The van der Waals surface area contributed by atoms with Crippen molar-refractivity contribution in [2.75, 3.05) is 12.0 Å². The third-order valence-corrected chi connectivity index (χ3v) is 6.88. The van der Waals surface area contributed by atoms with Crippen molar-refractivity contribution >= 4 is 33.1 Å². The maximum atomic E-state index is 13.2. The van der Waals surface area contributed by atoms with Crippen LogP contribution in [0.3, 0.4) is 0 Å². The van der Waals surface area contributed by atoms with E-state index in [9.17, 15) is 8.42 Å². The van der Waals surface area contributed by atoms with E-state index in [0.717, 1.165) is 30.5 Å². The molecule has 0 radical (unpaired) electrons. The van der Waals surface area contributed by atoms with Gasteiger partial charge in [-0.15, -0.1) is 11.8 Å². The molecule has 6 nitrogen and oxygen atoms in total. The van der Waals surface area contributed by atoms with Crippen LogP contribution in [0.5, 0.6) is 0 Å². The number of benzene rings is 1. The summed E-state index contributed by atoms with van der Waals surface area (Å²) >= 11 is 1.28. The summed E-state index contributed by atoms with van der Waals surface area (Å²) in [6, 6.07) is 8.36. The fourth-order valence-corrected chi connectivity index (χ4v) is 5.52. The number of nitrogen functional groups attached to an aromatic ring is 1. The average molecular weight is 360 g/mol. The zero-order valence-corrected chi connectivity index (χ0v) is 14.7. The molecule has 24 heavy (non-hydrogen) atoms. The van der Waals surface area contributed by atoms with Gasteiger partial charge in [-0.25, -0.2) is 13.4 Å². The summed E-state index contributed by atoms with van der Waals surface area (Å²) in [5.41, 5.74) is 8.44. The molecule has 1 aromatic carbocycles. The topological polar surface area (TPSA) is 90.3 Å². The van der Waals surface area contributed by atoms with Crippen molar-refractivity contribution in [1.82, 2.24) is 14.6 Å². The molecule has 0 amide bonds. The maximum absolute atomic E-state index is 13.2. The minimum absolute atomic E-state index is 0.141. The molecule has 4 rings (SSSR count). The van der Waals surface area contributed by atoms with E-state index in [1.54, 1.807) is 36.6 Å². The highest BCUT2D eigenvalue weighted by Gasteiger charge is 2.31. The molecule has 0 fully saturated rings. The van der Waals surface area contributed by atoms with Gasteiger partial charge in [-0.2, -0.15) is 9.61 Å². The van der Waals surface area contributed by atoms with Crippen LogP contribution in [0.15, 0.2) is 45.1 Å². The number of thioether (sulfide) groups is 1. The standard InChI is InChI=1S/C16H16N4O2S2/c1-23-16-13(24(21,22)10-6-3-2-4-7-10)15-18-12-9-5-8-11(12)14(17)20(15)19-16/h2-4,6-7H,5,8-9,17H2,1H3. The minimum atomic E-state index is -3.72. The zero-order chi connectivity index (χ0) is 16.9. The Morgan fingerprint density at radius 1 is 1.21 bits per heavy atom. The number of nitrogens with two attached hydrogens (primary N) is 1. The summed E-state index contributed by atoms with van der Waals surface area (Å²) in [7, 11) is -3.72. The summed E-state index contributed by atoms with van der Waals surface area (Å²) in [6.07, 6.45) is 4.46. The van der Waals surface area contributed by atoms with Crippen molar-refractivity contribution in [3.8, 4) is 0 Å². The third kappa shape index (κ3) is 2.13. The number of hydrogen-bond donors (Lipinski definition) is 1. The average Bonchev–Trinajstić information content (AvgIpc) is 3.20. The first-order valence-corrected chi connectivity index (χ1v) is 10.3. The van der Waals surface area contributed by atoms with Gasteiger partial charge in [-0.1, -0.05) is 18.2 Å². The fraction of sp³-hybridized carbons (Fsp3) is 0.250. The van der Waals surface area contributed by atoms with Crippen molar-refractivity contribution in [3.05, 3.63) is 41.6 Å². The van der Waals surface area contributed by atoms with Gasteiger partial charge >= 0.3 is 0 Å². The summed E-state index contributed by atoms with van der Waals surface area (Å²) in [6.45, 7) is 0. The number of sulfone groups is 1. The first-order valence-electron chi connectivity index (χ1n) is 7.58. The van der Waals surface area contributed by atoms with Crippen LogP contribution < -0.4 is 5.73 Å². The Hall–Kier alpha value is -2.06. The smallest absolute Gasteiger partial charge is 0.213 e. The number of nitrogens with zero attached hydrogens (tertiary/aromatic N) is 3. The van der Waals surface area contributed by atoms with Gasteiger partial charge in [0.15, 0.2) is 10.5 Å². The molecule has 2 N–H and O–H groups in total. The van der Waals surface area contributed by atoms with Crippen LogP contribution in [0, 0.1) is 0 Å². The van der Waals surface area contributed by atoms with Crippen LogP contribution in [0.1, 0.15) is 17.7 Å². The lowest BCUT2D eigenvalue weighted by molar-refractivity contribution is 0.594. The molecule has 0 aliphatic heterocycles. The van der Waals surface area contributed by atoms with Gasteiger partial charge in [0.1, 0.15) is 10.8 Å². The minimum Gasteiger partial charge on any atom is -0.383 e. The van der Waals surface area contributed by atoms with Crippen LogP contribution in [0.4, 0.5) is 5.82 Å². The highest BCUT2D eigenvalue weighted by Crippen LogP contribution is 2.35. The lowest BCUT2D eigenvalue weighted by atomic mass is 10.2. The Bertz CT molecular complexity index is 1040. The van der Waals surface area contributed by atoms with Gasteiger partial charge in [0.05, 0.1) is 4.90 Å². The van der Waals surface area contributed by atoms with E-state index in [4.69, 9.17) is 5.73 Å². The lowest BCUT2D eigenvalue weighted by Gasteiger charge is -2.07. The lowest BCUT2D eigenvalue weighted by Crippen LogP contribution is -2.08. The van der Waals surface area contributed by atoms with Crippen molar-refractivity contribution in [1.29, 1.82) is 0 Å². The second-order valence-electron chi connectivity index (χ2n) is 5.67. The Labute approximate surface area is 144 Å². The molecule has 1 aliphatic rings. The molecular formula is C16H16N4O2S2. The molecule has 0 spiro atoms. The van der Waals surface area contributed by atoms with Crippen molar-refractivity contribution < 1.29 is 8.42 Å². The van der Waals surface area contributed by atoms with E-state index in [1.807, 2.05) is 0 Å². The van der Waals surface area contributed by atoms with Crippen LogP contribution in [0.25, 0.3) is 5.65 Å². The molecule has 0 atom stereocenters. The fourth-order valence-electron chi connectivity index (χ4n) is 3.11.